The summed E-state index contributed by atoms with van der Waals surface area (Å²) in [7, 11) is 3.58. The summed E-state index contributed by atoms with van der Waals surface area (Å²) < 4.78 is 0. The lowest BCUT2D eigenvalue weighted by molar-refractivity contribution is -0.134. The van der Waals surface area contributed by atoms with Crippen molar-refractivity contribution in [3.63, 3.8) is 0 Å². The van der Waals surface area contributed by atoms with Crippen LogP contribution in [0.2, 0.25) is 5.02 Å². The smallest absolute Gasteiger partial charge is 0.253 e. The van der Waals surface area contributed by atoms with E-state index in [1.165, 1.54) is 6.07 Å². The zero-order valence-corrected chi connectivity index (χ0v) is 23.4. The Kier molecular flexibility index (Phi) is 8.95. The number of likely N-dealkylation sites (tertiary alicyclic amines) is 1. The summed E-state index contributed by atoms with van der Waals surface area (Å²) in [5, 5.41) is 14.4. The fraction of sp³-hybridized carbons (Fsp3) is 0.355. The first-order valence-electron chi connectivity index (χ1n) is 13.2. The van der Waals surface area contributed by atoms with Crippen molar-refractivity contribution in [2.45, 2.75) is 43.4 Å². The summed E-state index contributed by atoms with van der Waals surface area (Å²) in [5.41, 5.74) is 7.58. The van der Waals surface area contributed by atoms with Gasteiger partial charge in [-0.05, 0) is 49.1 Å². The van der Waals surface area contributed by atoms with Crippen LogP contribution in [0.5, 0.6) is 0 Å². The van der Waals surface area contributed by atoms with Crippen molar-refractivity contribution in [3.05, 3.63) is 101 Å². The zero-order chi connectivity index (χ0) is 28.2. The number of halogens is 1. The van der Waals surface area contributed by atoms with Crippen LogP contribution >= 0.6 is 11.6 Å². The SMILES string of the molecule is CC(CC(C(=O)N(C)C)(c1ccccc1)c1ccccc1)N1CC[C@H](NC(=O)c2ccc(Cl)cc2N)[C@@H](O)C1. The third-order valence-electron chi connectivity index (χ3n) is 7.72. The second kappa shape index (κ2) is 12.2. The first kappa shape index (κ1) is 28.6. The summed E-state index contributed by atoms with van der Waals surface area (Å²) in [4.78, 5) is 30.7. The molecule has 1 unspecified atom stereocenters. The van der Waals surface area contributed by atoms with E-state index >= 15 is 0 Å². The number of nitrogens with zero attached hydrogens (tertiary/aromatic N) is 2. The molecule has 3 aromatic carbocycles. The van der Waals surface area contributed by atoms with E-state index in [2.05, 4.69) is 17.1 Å². The molecule has 0 spiro atoms. The standard InChI is InChI=1S/C31H37ClN4O3/c1-21(36-17-16-27(28(37)20-36)34-29(38)25-15-14-24(32)18-26(25)33)19-31(30(39)35(2)3,22-10-6-4-7-11-22)23-12-8-5-9-13-23/h4-15,18,21,27-28,37H,16-17,19-20,33H2,1-3H3,(H,34,38)/t21?,27-,28-/m0/s1. The van der Waals surface area contributed by atoms with Gasteiger partial charge in [0.25, 0.3) is 5.91 Å². The van der Waals surface area contributed by atoms with Crippen LogP contribution in [0.3, 0.4) is 0 Å². The molecule has 8 heteroatoms. The van der Waals surface area contributed by atoms with Gasteiger partial charge in [0.2, 0.25) is 5.91 Å². The quantitative estimate of drug-likeness (QED) is 0.370. The molecule has 39 heavy (non-hydrogen) atoms. The molecule has 4 N–H and O–H groups in total. The number of nitrogens with one attached hydrogen (secondary N) is 1. The van der Waals surface area contributed by atoms with E-state index in [9.17, 15) is 14.7 Å². The van der Waals surface area contributed by atoms with E-state index in [0.717, 1.165) is 11.1 Å². The van der Waals surface area contributed by atoms with Crippen LogP contribution in [0.15, 0.2) is 78.9 Å². The first-order chi connectivity index (χ1) is 18.6. The van der Waals surface area contributed by atoms with Gasteiger partial charge in [-0.1, -0.05) is 72.3 Å². The molecule has 1 aliphatic rings. The maximum atomic E-state index is 14.0. The van der Waals surface area contributed by atoms with Gasteiger partial charge in [-0.25, -0.2) is 0 Å². The highest BCUT2D eigenvalue weighted by Crippen LogP contribution is 2.39. The number of piperidine rings is 1. The van der Waals surface area contributed by atoms with Gasteiger partial charge < -0.3 is 21.1 Å². The van der Waals surface area contributed by atoms with E-state index in [1.54, 1.807) is 31.1 Å². The molecule has 1 heterocycles. The molecule has 3 atom stereocenters. The molecule has 1 aliphatic heterocycles. The number of hydrogen-bond acceptors (Lipinski definition) is 5. The van der Waals surface area contributed by atoms with Gasteiger partial charge in [-0.15, -0.1) is 0 Å². The number of aliphatic hydroxyl groups is 1. The van der Waals surface area contributed by atoms with Gasteiger partial charge in [0.1, 0.15) is 5.41 Å². The van der Waals surface area contributed by atoms with E-state index in [-0.39, 0.29) is 17.9 Å². The van der Waals surface area contributed by atoms with Crippen molar-refractivity contribution in [2.75, 3.05) is 32.9 Å². The number of nitrogen functional groups attached to an aromatic ring is 1. The average molecular weight is 549 g/mol. The highest BCUT2D eigenvalue weighted by molar-refractivity contribution is 6.31. The lowest BCUT2D eigenvalue weighted by atomic mass is 9.69. The largest absolute Gasteiger partial charge is 0.398 e. The van der Waals surface area contributed by atoms with Crippen molar-refractivity contribution in [2.24, 2.45) is 0 Å². The lowest BCUT2D eigenvalue weighted by Gasteiger charge is -2.44. The number of benzene rings is 3. The van der Waals surface area contributed by atoms with Crippen LogP contribution in [0, 0.1) is 0 Å². The van der Waals surface area contributed by atoms with E-state index < -0.39 is 17.6 Å². The molecule has 206 valence electrons. The predicted molar refractivity (Wildman–Crippen MR) is 156 cm³/mol. The molecule has 0 bridgehead atoms. The minimum absolute atomic E-state index is 0.00926. The normalized spacial score (nSPS) is 18.8. The molecule has 0 radical (unpaired) electrons. The fourth-order valence-electron chi connectivity index (χ4n) is 5.65. The Balaban J connectivity index is 1.54. The van der Waals surface area contributed by atoms with Crippen LogP contribution in [-0.4, -0.2) is 72.1 Å². The third-order valence-corrected chi connectivity index (χ3v) is 7.95. The number of nitrogens with two attached hydrogens (primary N) is 1. The molecule has 0 saturated carbocycles. The number of anilines is 1. The second-order valence-electron chi connectivity index (χ2n) is 10.6. The Hall–Kier alpha value is -3.39. The molecule has 0 aliphatic carbocycles. The molecule has 1 saturated heterocycles. The van der Waals surface area contributed by atoms with Gasteiger partial charge in [0, 0.05) is 43.9 Å². The summed E-state index contributed by atoms with van der Waals surface area (Å²) in [5.74, 6) is -0.325. The Labute approximate surface area is 235 Å². The van der Waals surface area contributed by atoms with Crippen LogP contribution in [0.25, 0.3) is 0 Å². The van der Waals surface area contributed by atoms with Crippen LogP contribution in [-0.2, 0) is 10.2 Å². The number of carbonyl (C=O) groups is 2. The first-order valence-corrected chi connectivity index (χ1v) is 13.6. The zero-order valence-electron chi connectivity index (χ0n) is 22.7. The van der Waals surface area contributed by atoms with Crippen molar-refractivity contribution in [1.82, 2.24) is 15.1 Å². The van der Waals surface area contributed by atoms with Crippen molar-refractivity contribution >= 4 is 29.1 Å². The van der Waals surface area contributed by atoms with Crippen LogP contribution in [0.4, 0.5) is 5.69 Å². The Bertz CT molecular complexity index is 1250. The van der Waals surface area contributed by atoms with E-state index in [0.29, 0.717) is 42.2 Å². The molecule has 4 rings (SSSR count). The van der Waals surface area contributed by atoms with Crippen molar-refractivity contribution in [1.29, 1.82) is 0 Å². The van der Waals surface area contributed by atoms with Gasteiger partial charge in [-0.2, -0.15) is 0 Å². The minimum Gasteiger partial charge on any atom is -0.398 e. The highest BCUT2D eigenvalue weighted by Gasteiger charge is 2.45. The summed E-state index contributed by atoms with van der Waals surface area (Å²) in [6, 6.07) is 24.1. The van der Waals surface area contributed by atoms with Gasteiger partial charge in [0.05, 0.1) is 17.7 Å². The molecular formula is C31H37ClN4O3. The molecule has 3 aromatic rings. The van der Waals surface area contributed by atoms with Crippen LogP contribution < -0.4 is 11.1 Å². The predicted octanol–water partition coefficient (Wildman–Crippen LogP) is 3.94. The minimum atomic E-state index is -0.895. The molecule has 1 fully saturated rings. The van der Waals surface area contributed by atoms with Gasteiger partial charge >= 0.3 is 0 Å². The van der Waals surface area contributed by atoms with Gasteiger partial charge in [-0.3, -0.25) is 14.5 Å². The maximum absolute atomic E-state index is 14.0. The summed E-state index contributed by atoms with van der Waals surface area (Å²) in [6.07, 6.45) is 0.324. The Morgan fingerprint density at radius 1 is 1.08 bits per heavy atom. The van der Waals surface area contributed by atoms with Gasteiger partial charge in [0.15, 0.2) is 0 Å². The average Bonchev–Trinajstić information content (AvgIpc) is 2.93. The highest BCUT2D eigenvalue weighted by atomic mass is 35.5. The van der Waals surface area contributed by atoms with Crippen molar-refractivity contribution in [3.8, 4) is 0 Å². The molecular weight excluding hydrogens is 512 g/mol. The van der Waals surface area contributed by atoms with Crippen LogP contribution in [0.1, 0.15) is 41.3 Å². The van der Waals surface area contributed by atoms with Crippen molar-refractivity contribution < 1.29 is 14.7 Å². The summed E-state index contributed by atoms with van der Waals surface area (Å²) >= 11 is 5.96. The number of carbonyl (C=O) groups excluding carboxylic acids is 2. The monoisotopic (exact) mass is 548 g/mol. The van der Waals surface area contributed by atoms with E-state index in [1.807, 2.05) is 60.7 Å². The lowest BCUT2D eigenvalue weighted by Crippen LogP contribution is -2.57. The molecule has 2 amide bonds. The third kappa shape index (κ3) is 6.11. The molecule has 7 nitrogen and oxygen atoms in total. The fourth-order valence-corrected chi connectivity index (χ4v) is 5.83. The number of aliphatic hydroxyl groups excluding tert-OH is 1. The van der Waals surface area contributed by atoms with E-state index in [4.69, 9.17) is 17.3 Å². The maximum Gasteiger partial charge on any atom is 0.253 e. The number of β-amino-alcohol motifs (C(OH)–C–C–N with tert-alkyl or cyclic N) is 1. The Morgan fingerprint density at radius 3 is 2.18 bits per heavy atom. The number of amides is 2. The number of rotatable bonds is 8. The number of hydrogen-bond donors (Lipinski definition) is 3. The summed E-state index contributed by atoms with van der Waals surface area (Å²) in [6.45, 7) is 3.14. The topological polar surface area (TPSA) is 98.9 Å². The number of likely N-dealkylation sites (N-methyl/N-ethyl adjacent to an activating group) is 1. The Morgan fingerprint density at radius 2 is 1.67 bits per heavy atom. The molecule has 0 aromatic heterocycles. The second-order valence-corrected chi connectivity index (χ2v) is 11.0.